The summed E-state index contributed by atoms with van der Waals surface area (Å²) in [5, 5.41) is 11.9. The van der Waals surface area contributed by atoms with E-state index in [1.54, 1.807) is 0 Å². The van der Waals surface area contributed by atoms with Gasteiger partial charge in [0.15, 0.2) is 5.96 Å². The third-order valence-corrected chi connectivity index (χ3v) is 3.91. The zero-order chi connectivity index (χ0) is 18.4. The molecule has 9 nitrogen and oxygen atoms in total. The maximum atomic E-state index is 12.8. The first-order valence-corrected chi connectivity index (χ1v) is 7.81. The van der Waals surface area contributed by atoms with Crippen LogP contribution in [0.2, 0.25) is 0 Å². The largest absolute Gasteiger partial charge is 0.478 e. The molecule has 1 aliphatic heterocycles. The molecule has 2 amide bonds. The number of rotatable bonds is 6. The van der Waals surface area contributed by atoms with Crippen LogP contribution in [-0.4, -0.2) is 52.5 Å². The van der Waals surface area contributed by atoms with Gasteiger partial charge in [-0.25, -0.2) is 9.79 Å². The molecular formula is C15H25N5O4. The average molecular weight is 339 g/mol. The molecule has 134 valence electrons. The van der Waals surface area contributed by atoms with Crippen molar-refractivity contribution in [1.82, 2.24) is 10.2 Å². The molecule has 9 heteroatoms. The SMILES string of the molecule is CCC(CC)C(=O)N1CC(C(=O)O)=C[C@H](N=C(N)N)[C@H]1NC(C)=O. The van der Waals surface area contributed by atoms with Gasteiger partial charge in [0.2, 0.25) is 11.8 Å². The molecule has 0 fully saturated rings. The van der Waals surface area contributed by atoms with E-state index in [0.717, 1.165) is 0 Å². The van der Waals surface area contributed by atoms with Crippen LogP contribution >= 0.6 is 0 Å². The lowest BCUT2D eigenvalue weighted by Gasteiger charge is -2.39. The number of hydrogen-bond donors (Lipinski definition) is 4. The third-order valence-electron chi connectivity index (χ3n) is 3.91. The molecule has 0 saturated heterocycles. The normalized spacial score (nSPS) is 20.3. The van der Waals surface area contributed by atoms with Crippen LogP contribution in [0, 0.1) is 5.92 Å². The molecule has 0 unspecified atom stereocenters. The molecule has 2 atom stereocenters. The molecule has 0 aromatic heterocycles. The fourth-order valence-electron chi connectivity index (χ4n) is 2.69. The second kappa shape index (κ2) is 8.32. The molecule has 1 aliphatic rings. The first kappa shape index (κ1) is 19.5. The number of nitrogens with two attached hydrogens (primary N) is 2. The monoisotopic (exact) mass is 339 g/mol. The Morgan fingerprint density at radius 3 is 2.38 bits per heavy atom. The Morgan fingerprint density at radius 2 is 1.96 bits per heavy atom. The molecule has 1 rings (SSSR count). The standard InChI is InChI=1S/C15H25N5O4/c1-4-9(5-2)13(22)20-7-10(14(23)24)6-11(19-15(16)17)12(20)18-8(3)21/h6,9,11-12H,4-5,7H2,1-3H3,(H,18,21)(H,23,24)(H4,16,17,19)/t11-,12-/m0/s1. The Balaban J connectivity index is 3.33. The highest BCUT2D eigenvalue weighted by Crippen LogP contribution is 2.23. The Morgan fingerprint density at radius 1 is 1.38 bits per heavy atom. The van der Waals surface area contributed by atoms with Crippen LogP contribution < -0.4 is 16.8 Å². The van der Waals surface area contributed by atoms with Gasteiger partial charge in [0.05, 0.1) is 12.1 Å². The molecule has 0 bridgehead atoms. The number of aliphatic imine (C=N–C) groups is 1. The van der Waals surface area contributed by atoms with Crippen molar-refractivity contribution in [2.75, 3.05) is 6.54 Å². The van der Waals surface area contributed by atoms with Crippen molar-refractivity contribution < 1.29 is 19.5 Å². The average Bonchev–Trinajstić information content (AvgIpc) is 2.48. The number of carboxylic acid groups (broad SMARTS) is 1. The lowest BCUT2D eigenvalue weighted by molar-refractivity contribution is -0.141. The van der Waals surface area contributed by atoms with Gasteiger partial charge < -0.3 is 26.8 Å². The van der Waals surface area contributed by atoms with Gasteiger partial charge in [-0.05, 0) is 18.9 Å². The van der Waals surface area contributed by atoms with Crippen molar-refractivity contribution in [2.24, 2.45) is 22.4 Å². The van der Waals surface area contributed by atoms with Crippen LogP contribution in [0.4, 0.5) is 0 Å². The van der Waals surface area contributed by atoms with Gasteiger partial charge in [0, 0.05) is 12.8 Å². The zero-order valence-electron chi connectivity index (χ0n) is 14.2. The van der Waals surface area contributed by atoms with Crippen molar-refractivity contribution in [1.29, 1.82) is 0 Å². The smallest absolute Gasteiger partial charge is 0.333 e. The van der Waals surface area contributed by atoms with Crippen LogP contribution in [-0.2, 0) is 14.4 Å². The van der Waals surface area contributed by atoms with E-state index in [1.807, 2.05) is 13.8 Å². The highest BCUT2D eigenvalue weighted by molar-refractivity contribution is 5.90. The molecule has 0 aliphatic carbocycles. The second-order valence-electron chi connectivity index (χ2n) is 5.67. The maximum absolute atomic E-state index is 12.8. The number of carbonyl (C=O) groups excluding carboxylic acids is 2. The maximum Gasteiger partial charge on any atom is 0.333 e. The number of guanidine groups is 1. The van der Waals surface area contributed by atoms with Gasteiger partial charge >= 0.3 is 5.97 Å². The Kier molecular flexibility index (Phi) is 6.75. The number of aliphatic carboxylic acids is 1. The second-order valence-corrected chi connectivity index (χ2v) is 5.67. The fourth-order valence-corrected chi connectivity index (χ4v) is 2.69. The van der Waals surface area contributed by atoms with Crippen molar-refractivity contribution in [3.8, 4) is 0 Å². The minimum atomic E-state index is -1.16. The Hall–Kier alpha value is -2.58. The summed E-state index contributed by atoms with van der Waals surface area (Å²) in [4.78, 5) is 41.0. The first-order valence-electron chi connectivity index (χ1n) is 7.81. The third kappa shape index (κ3) is 4.71. The van der Waals surface area contributed by atoms with E-state index < -0.39 is 18.2 Å². The lowest BCUT2D eigenvalue weighted by atomic mass is 9.97. The molecule has 0 aromatic carbocycles. The van der Waals surface area contributed by atoms with E-state index in [9.17, 15) is 19.5 Å². The molecule has 6 N–H and O–H groups in total. The van der Waals surface area contributed by atoms with Gasteiger partial charge in [-0.3, -0.25) is 9.59 Å². The summed E-state index contributed by atoms with van der Waals surface area (Å²) >= 11 is 0. The molecule has 0 radical (unpaired) electrons. The number of hydrogen-bond acceptors (Lipinski definition) is 4. The summed E-state index contributed by atoms with van der Waals surface area (Å²) < 4.78 is 0. The molecule has 1 heterocycles. The predicted octanol–water partition coefficient (Wildman–Crippen LogP) is -0.620. The summed E-state index contributed by atoms with van der Waals surface area (Å²) in [6.07, 6.45) is 1.75. The summed E-state index contributed by atoms with van der Waals surface area (Å²) in [5.74, 6) is -2.29. The fraction of sp³-hybridized carbons (Fsp3) is 0.600. The van der Waals surface area contributed by atoms with Gasteiger partial charge in [-0.15, -0.1) is 0 Å². The summed E-state index contributed by atoms with van der Waals surface area (Å²) in [6, 6.07) is -0.864. The first-order chi connectivity index (χ1) is 11.2. The van der Waals surface area contributed by atoms with Crippen LogP contribution in [0.15, 0.2) is 16.6 Å². The highest BCUT2D eigenvalue weighted by atomic mass is 16.4. The van der Waals surface area contributed by atoms with Crippen LogP contribution in [0.3, 0.4) is 0 Å². The molecule has 0 aromatic rings. The Bertz CT molecular complexity index is 564. The van der Waals surface area contributed by atoms with E-state index in [4.69, 9.17) is 11.5 Å². The number of nitrogens with one attached hydrogen (secondary N) is 1. The number of carbonyl (C=O) groups is 3. The predicted molar refractivity (Wildman–Crippen MR) is 88.7 cm³/mol. The molecule has 0 saturated carbocycles. The van der Waals surface area contributed by atoms with Crippen LogP contribution in [0.5, 0.6) is 0 Å². The summed E-state index contributed by atoms with van der Waals surface area (Å²) in [5.41, 5.74) is 10.8. The minimum Gasteiger partial charge on any atom is -0.478 e. The van der Waals surface area contributed by atoms with Gasteiger partial charge in [0.25, 0.3) is 0 Å². The molecular weight excluding hydrogens is 314 g/mol. The molecule has 24 heavy (non-hydrogen) atoms. The topological polar surface area (TPSA) is 151 Å². The van der Waals surface area contributed by atoms with Crippen molar-refractivity contribution in [3.05, 3.63) is 11.6 Å². The number of carboxylic acids is 1. The number of nitrogens with zero attached hydrogens (tertiary/aromatic N) is 2. The van der Waals surface area contributed by atoms with Gasteiger partial charge in [0.1, 0.15) is 12.2 Å². The summed E-state index contributed by atoms with van der Waals surface area (Å²) in [7, 11) is 0. The van der Waals surface area contributed by atoms with E-state index in [2.05, 4.69) is 10.3 Å². The zero-order valence-corrected chi connectivity index (χ0v) is 14.2. The van der Waals surface area contributed by atoms with Gasteiger partial charge in [-0.2, -0.15) is 0 Å². The number of amides is 2. The van der Waals surface area contributed by atoms with E-state index in [-0.39, 0.29) is 35.8 Å². The molecule has 0 spiro atoms. The summed E-state index contributed by atoms with van der Waals surface area (Å²) in [6.45, 7) is 4.95. The van der Waals surface area contributed by atoms with E-state index in [0.29, 0.717) is 12.8 Å². The van der Waals surface area contributed by atoms with Gasteiger partial charge in [-0.1, -0.05) is 13.8 Å². The van der Waals surface area contributed by atoms with Crippen LogP contribution in [0.25, 0.3) is 0 Å². The van der Waals surface area contributed by atoms with Crippen LogP contribution in [0.1, 0.15) is 33.6 Å². The quantitative estimate of drug-likeness (QED) is 0.374. The van der Waals surface area contributed by atoms with Crippen molar-refractivity contribution in [2.45, 2.75) is 45.8 Å². The highest BCUT2D eigenvalue weighted by Gasteiger charge is 2.38. The van der Waals surface area contributed by atoms with Crippen molar-refractivity contribution >= 4 is 23.7 Å². The van der Waals surface area contributed by atoms with E-state index in [1.165, 1.54) is 17.9 Å². The van der Waals surface area contributed by atoms with E-state index >= 15 is 0 Å². The van der Waals surface area contributed by atoms with Crippen molar-refractivity contribution in [3.63, 3.8) is 0 Å². The minimum absolute atomic E-state index is 0.00547. The Labute approximate surface area is 140 Å². The lowest BCUT2D eigenvalue weighted by Crippen LogP contribution is -2.60.